The molecule has 0 saturated heterocycles. The smallest absolute Gasteiger partial charge is 0.138 e. The number of benzene rings is 2. The third-order valence-electron chi connectivity index (χ3n) is 3.50. The van der Waals surface area contributed by atoms with Gasteiger partial charge in [0.1, 0.15) is 16.5 Å². The molecule has 4 heteroatoms. The maximum absolute atomic E-state index is 5.92. The van der Waals surface area contributed by atoms with Crippen molar-refractivity contribution < 1.29 is 4.74 Å². The SMILES string of the molecule is CCC(C)c1ccc(Oc2cc(Br)ccc2C(N)=S)cc1. The molecule has 2 N–H and O–H groups in total. The molecule has 0 amide bonds. The molecule has 0 aliphatic heterocycles. The second-order valence-electron chi connectivity index (χ2n) is 4.99. The first-order chi connectivity index (χ1) is 10.0. The largest absolute Gasteiger partial charge is 0.457 e. The third-order valence-corrected chi connectivity index (χ3v) is 4.21. The van der Waals surface area contributed by atoms with Crippen molar-refractivity contribution in [1.29, 1.82) is 0 Å². The molecule has 1 atom stereocenters. The lowest BCUT2D eigenvalue weighted by Crippen LogP contribution is -2.10. The number of hydrogen-bond donors (Lipinski definition) is 1. The topological polar surface area (TPSA) is 35.2 Å². The van der Waals surface area contributed by atoms with Crippen LogP contribution < -0.4 is 10.5 Å². The van der Waals surface area contributed by atoms with Gasteiger partial charge in [0.2, 0.25) is 0 Å². The Hall–Kier alpha value is -1.39. The van der Waals surface area contributed by atoms with E-state index < -0.39 is 0 Å². The molecule has 0 aromatic heterocycles. The van der Waals surface area contributed by atoms with E-state index in [9.17, 15) is 0 Å². The van der Waals surface area contributed by atoms with Crippen molar-refractivity contribution in [3.05, 3.63) is 58.1 Å². The Kier molecular flexibility index (Phi) is 5.37. The van der Waals surface area contributed by atoms with Crippen LogP contribution in [-0.2, 0) is 0 Å². The molecule has 2 nitrogen and oxygen atoms in total. The van der Waals surface area contributed by atoms with Crippen molar-refractivity contribution >= 4 is 33.1 Å². The van der Waals surface area contributed by atoms with Crippen LogP contribution in [0.4, 0.5) is 0 Å². The lowest BCUT2D eigenvalue weighted by molar-refractivity contribution is 0.481. The van der Waals surface area contributed by atoms with Gasteiger partial charge < -0.3 is 10.5 Å². The molecule has 2 aromatic rings. The lowest BCUT2D eigenvalue weighted by atomic mass is 9.99. The van der Waals surface area contributed by atoms with Crippen molar-refractivity contribution in [3.8, 4) is 11.5 Å². The van der Waals surface area contributed by atoms with E-state index >= 15 is 0 Å². The van der Waals surface area contributed by atoms with E-state index in [0.717, 1.165) is 22.2 Å². The fourth-order valence-corrected chi connectivity index (χ4v) is 2.52. The van der Waals surface area contributed by atoms with Gasteiger partial charge >= 0.3 is 0 Å². The van der Waals surface area contributed by atoms with Crippen LogP contribution in [0.1, 0.15) is 37.3 Å². The van der Waals surface area contributed by atoms with Gasteiger partial charge in [-0.25, -0.2) is 0 Å². The van der Waals surface area contributed by atoms with Gasteiger partial charge in [-0.2, -0.15) is 0 Å². The summed E-state index contributed by atoms with van der Waals surface area (Å²) in [6.45, 7) is 4.40. The monoisotopic (exact) mass is 363 g/mol. The molecule has 110 valence electrons. The maximum atomic E-state index is 5.92. The Morgan fingerprint density at radius 1 is 1.24 bits per heavy atom. The van der Waals surface area contributed by atoms with Crippen molar-refractivity contribution in [2.45, 2.75) is 26.2 Å². The van der Waals surface area contributed by atoms with Crippen LogP contribution in [0.5, 0.6) is 11.5 Å². The van der Waals surface area contributed by atoms with E-state index in [4.69, 9.17) is 22.7 Å². The van der Waals surface area contributed by atoms with Gasteiger partial charge in [-0.15, -0.1) is 0 Å². The second-order valence-corrected chi connectivity index (χ2v) is 6.34. The van der Waals surface area contributed by atoms with Gasteiger partial charge in [0.05, 0.1) is 5.56 Å². The molecule has 0 fully saturated rings. The molecule has 0 aliphatic rings. The van der Waals surface area contributed by atoms with Crippen molar-refractivity contribution in [3.63, 3.8) is 0 Å². The minimum atomic E-state index is 0.328. The molecule has 2 rings (SSSR count). The summed E-state index contributed by atoms with van der Waals surface area (Å²) in [6, 6.07) is 13.8. The zero-order valence-corrected chi connectivity index (χ0v) is 14.5. The second kappa shape index (κ2) is 7.05. The van der Waals surface area contributed by atoms with Crippen molar-refractivity contribution in [2.24, 2.45) is 5.73 Å². The average molecular weight is 364 g/mol. The predicted molar refractivity (Wildman–Crippen MR) is 95.3 cm³/mol. The van der Waals surface area contributed by atoms with Crippen LogP contribution in [0, 0.1) is 0 Å². The van der Waals surface area contributed by atoms with E-state index in [1.54, 1.807) is 0 Å². The van der Waals surface area contributed by atoms with E-state index in [0.29, 0.717) is 16.7 Å². The average Bonchev–Trinajstić information content (AvgIpc) is 2.47. The molecule has 0 aliphatic carbocycles. The standard InChI is InChI=1S/C17H18BrNOS/c1-3-11(2)12-4-7-14(8-5-12)20-16-10-13(18)6-9-15(16)17(19)21/h4-11H,3H2,1-2H3,(H2,19,21). The number of hydrogen-bond acceptors (Lipinski definition) is 2. The summed E-state index contributed by atoms with van der Waals surface area (Å²) in [7, 11) is 0. The maximum Gasteiger partial charge on any atom is 0.138 e. The minimum Gasteiger partial charge on any atom is -0.457 e. The Bertz CT molecular complexity index is 640. The fourth-order valence-electron chi connectivity index (χ4n) is 2.01. The molecule has 1 unspecified atom stereocenters. The summed E-state index contributed by atoms with van der Waals surface area (Å²) in [6.07, 6.45) is 1.12. The van der Waals surface area contributed by atoms with Crippen LogP contribution in [0.15, 0.2) is 46.9 Å². The van der Waals surface area contributed by atoms with Gasteiger partial charge in [-0.3, -0.25) is 0 Å². The molecule has 0 radical (unpaired) electrons. The Morgan fingerprint density at radius 3 is 2.48 bits per heavy atom. The Balaban J connectivity index is 2.26. The van der Waals surface area contributed by atoms with Gasteiger partial charge in [0.15, 0.2) is 0 Å². The zero-order valence-electron chi connectivity index (χ0n) is 12.1. The highest BCUT2D eigenvalue weighted by atomic mass is 79.9. The van der Waals surface area contributed by atoms with Gasteiger partial charge in [-0.05, 0) is 48.2 Å². The first kappa shape index (κ1) is 16.0. The highest BCUT2D eigenvalue weighted by Gasteiger charge is 2.09. The van der Waals surface area contributed by atoms with E-state index in [2.05, 4.69) is 41.9 Å². The van der Waals surface area contributed by atoms with Crippen LogP contribution in [0.2, 0.25) is 0 Å². The van der Waals surface area contributed by atoms with Crippen molar-refractivity contribution in [2.75, 3.05) is 0 Å². The molecule has 0 saturated carbocycles. The summed E-state index contributed by atoms with van der Waals surface area (Å²) in [5.74, 6) is 1.99. The third kappa shape index (κ3) is 4.05. The number of ether oxygens (including phenoxy) is 1. The van der Waals surface area contributed by atoms with Crippen LogP contribution in [0.3, 0.4) is 0 Å². The highest BCUT2D eigenvalue weighted by molar-refractivity contribution is 9.10. The van der Waals surface area contributed by atoms with Gasteiger partial charge in [0.25, 0.3) is 0 Å². The summed E-state index contributed by atoms with van der Waals surface area (Å²) < 4.78 is 6.85. The molecule has 21 heavy (non-hydrogen) atoms. The van der Waals surface area contributed by atoms with Gasteiger partial charge in [-0.1, -0.05) is 54.1 Å². The van der Waals surface area contributed by atoms with E-state index in [1.165, 1.54) is 5.56 Å². The summed E-state index contributed by atoms with van der Waals surface area (Å²) in [5, 5.41) is 0. The number of halogens is 1. The normalized spacial score (nSPS) is 12.0. The molecular weight excluding hydrogens is 346 g/mol. The number of rotatable bonds is 5. The predicted octanol–water partition coefficient (Wildman–Crippen LogP) is 5.39. The van der Waals surface area contributed by atoms with E-state index in [-0.39, 0.29) is 0 Å². The minimum absolute atomic E-state index is 0.328. The van der Waals surface area contributed by atoms with Crippen LogP contribution >= 0.6 is 28.1 Å². The first-order valence-corrected chi connectivity index (χ1v) is 8.08. The van der Waals surface area contributed by atoms with Crippen molar-refractivity contribution in [1.82, 2.24) is 0 Å². The number of nitrogens with two attached hydrogens (primary N) is 1. The molecule has 0 spiro atoms. The van der Waals surface area contributed by atoms with E-state index in [1.807, 2.05) is 30.3 Å². The molecule has 2 aromatic carbocycles. The Morgan fingerprint density at radius 2 is 1.90 bits per heavy atom. The lowest BCUT2D eigenvalue weighted by Gasteiger charge is -2.13. The quantitative estimate of drug-likeness (QED) is 0.723. The summed E-state index contributed by atoms with van der Waals surface area (Å²) >= 11 is 8.50. The van der Waals surface area contributed by atoms with Crippen LogP contribution in [-0.4, -0.2) is 4.99 Å². The van der Waals surface area contributed by atoms with Crippen LogP contribution in [0.25, 0.3) is 0 Å². The van der Waals surface area contributed by atoms with Gasteiger partial charge in [0, 0.05) is 4.47 Å². The molecule has 0 heterocycles. The molecule has 0 bridgehead atoms. The fraction of sp³-hybridized carbons (Fsp3) is 0.235. The highest BCUT2D eigenvalue weighted by Crippen LogP contribution is 2.30. The summed E-state index contributed by atoms with van der Waals surface area (Å²) in [5.41, 5.74) is 7.79. The number of thiocarbonyl (C=S) groups is 1. The Labute approximate surface area is 139 Å². The molecular formula is C17H18BrNOS. The summed E-state index contributed by atoms with van der Waals surface area (Å²) in [4.78, 5) is 0.328. The first-order valence-electron chi connectivity index (χ1n) is 6.88. The zero-order chi connectivity index (χ0) is 15.4.